The highest BCUT2D eigenvalue weighted by atomic mass is 19.1. The Labute approximate surface area is 231 Å². The third-order valence-electron chi connectivity index (χ3n) is 6.84. The number of nitrogens with zero attached hydrogens (tertiary/aromatic N) is 4. The van der Waals surface area contributed by atoms with Crippen molar-refractivity contribution in [2.45, 2.75) is 0 Å². The minimum Gasteiger partial charge on any atom is -0.383 e. The Morgan fingerprint density at radius 3 is 2.65 bits per heavy atom. The lowest BCUT2D eigenvalue weighted by atomic mass is 10.0. The molecule has 0 radical (unpaired) electrons. The van der Waals surface area contributed by atoms with Crippen LogP contribution in [0.3, 0.4) is 0 Å². The van der Waals surface area contributed by atoms with Crippen LogP contribution in [0.5, 0.6) is 0 Å². The van der Waals surface area contributed by atoms with Gasteiger partial charge in [0, 0.05) is 74.8 Å². The summed E-state index contributed by atoms with van der Waals surface area (Å²) in [7, 11) is 1.66. The molecular formula is C30H30F2N6O2. The second-order valence-electron chi connectivity index (χ2n) is 9.44. The lowest BCUT2D eigenvalue weighted by Crippen LogP contribution is -2.47. The van der Waals surface area contributed by atoms with Crippen molar-refractivity contribution in [2.75, 3.05) is 62.0 Å². The van der Waals surface area contributed by atoms with Crippen molar-refractivity contribution in [2.24, 2.45) is 0 Å². The SMILES string of the molecule is C=CC(=O)Nc1cccc(-c2cccc3cnc(Nc4cc(F)c(N5CCN(CCOC)CC5)cc4F)nc23)c1. The maximum absolute atomic E-state index is 15.2. The van der Waals surface area contributed by atoms with Crippen LogP contribution in [0.4, 0.5) is 31.8 Å². The Morgan fingerprint density at radius 1 is 1.07 bits per heavy atom. The van der Waals surface area contributed by atoms with Crippen LogP contribution in [0, 0.1) is 11.6 Å². The smallest absolute Gasteiger partial charge is 0.247 e. The molecule has 1 amide bonds. The number of benzene rings is 3. The van der Waals surface area contributed by atoms with Crippen LogP contribution in [-0.2, 0) is 9.53 Å². The molecular weight excluding hydrogens is 514 g/mol. The molecule has 0 unspecified atom stereocenters. The van der Waals surface area contributed by atoms with E-state index in [9.17, 15) is 4.79 Å². The number of rotatable bonds is 9. The third kappa shape index (κ3) is 6.08. The van der Waals surface area contributed by atoms with Gasteiger partial charge in [-0.25, -0.2) is 18.7 Å². The number of carbonyl (C=O) groups excluding carboxylic acids is 1. The first-order valence-corrected chi connectivity index (χ1v) is 13.0. The van der Waals surface area contributed by atoms with Crippen LogP contribution < -0.4 is 15.5 Å². The summed E-state index contributed by atoms with van der Waals surface area (Å²) in [4.78, 5) is 24.8. The molecule has 1 aromatic heterocycles. The Morgan fingerprint density at radius 2 is 1.88 bits per heavy atom. The molecule has 10 heteroatoms. The van der Waals surface area contributed by atoms with E-state index in [4.69, 9.17) is 4.74 Å². The Bertz CT molecular complexity index is 1540. The summed E-state index contributed by atoms with van der Waals surface area (Å²) in [5.74, 6) is -1.29. The third-order valence-corrected chi connectivity index (χ3v) is 6.84. The molecule has 1 aliphatic heterocycles. The highest BCUT2D eigenvalue weighted by Gasteiger charge is 2.21. The summed E-state index contributed by atoms with van der Waals surface area (Å²) in [6, 6.07) is 15.4. The van der Waals surface area contributed by atoms with Gasteiger partial charge >= 0.3 is 0 Å². The monoisotopic (exact) mass is 544 g/mol. The van der Waals surface area contributed by atoms with Crippen LogP contribution in [0.15, 0.2) is 73.4 Å². The molecule has 0 saturated carbocycles. The number of para-hydroxylation sites is 1. The molecule has 2 heterocycles. The highest BCUT2D eigenvalue weighted by Crippen LogP contribution is 2.31. The molecule has 0 atom stereocenters. The van der Waals surface area contributed by atoms with Gasteiger partial charge < -0.3 is 20.3 Å². The summed E-state index contributed by atoms with van der Waals surface area (Å²) in [6.45, 7) is 7.64. The first-order valence-electron chi connectivity index (χ1n) is 13.0. The number of piperazine rings is 1. The molecule has 1 aliphatic rings. The van der Waals surface area contributed by atoms with E-state index < -0.39 is 11.6 Å². The van der Waals surface area contributed by atoms with Gasteiger partial charge in [-0.2, -0.15) is 0 Å². The van der Waals surface area contributed by atoms with Crippen molar-refractivity contribution in [3.8, 4) is 11.1 Å². The number of aromatic nitrogens is 2. The summed E-state index contributed by atoms with van der Waals surface area (Å²) in [5, 5.41) is 6.37. The van der Waals surface area contributed by atoms with E-state index in [0.29, 0.717) is 30.9 Å². The highest BCUT2D eigenvalue weighted by molar-refractivity contribution is 6.00. The van der Waals surface area contributed by atoms with E-state index in [2.05, 4.69) is 32.1 Å². The predicted molar refractivity (Wildman–Crippen MR) is 154 cm³/mol. The number of amides is 1. The summed E-state index contributed by atoms with van der Waals surface area (Å²) in [6.07, 6.45) is 2.83. The quantitative estimate of drug-likeness (QED) is 0.280. The van der Waals surface area contributed by atoms with Gasteiger partial charge in [0.1, 0.15) is 11.6 Å². The summed E-state index contributed by atoms with van der Waals surface area (Å²) >= 11 is 0. The second kappa shape index (κ2) is 12.2. The van der Waals surface area contributed by atoms with Crippen molar-refractivity contribution >= 4 is 39.8 Å². The van der Waals surface area contributed by atoms with Gasteiger partial charge in [-0.05, 0) is 23.8 Å². The van der Waals surface area contributed by atoms with Crippen molar-refractivity contribution in [3.05, 3.63) is 85.1 Å². The Balaban J connectivity index is 1.38. The fraction of sp³-hybridized carbons (Fsp3) is 0.233. The number of anilines is 4. The second-order valence-corrected chi connectivity index (χ2v) is 9.44. The Hall–Kier alpha value is -4.41. The Kier molecular flexibility index (Phi) is 8.28. The number of ether oxygens (including phenoxy) is 1. The standard InChI is InChI=1S/C30H30F2N6O2/c1-3-28(39)34-22-8-4-6-20(16-22)23-9-5-7-21-19-33-30(36-29(21)23)35-26-17-25(32)27(18-24(26)31)38-12-10-37(11-13-38)14-15-40-2/h3-9,16-19H,1,10-15H2,2H3,(H,34,39)(H,33,35,36). The van der Waals surface area contributed by atoms with Crippen LogP contribution in [0.2, 0.25) is 0 Å². The van der Waals surface area contributed by atoms with Gasteiger partial charge in [0.2, 0.25) is 11.9 Å². The van der Waals surface area contributed by atoms with Gasteiger partial charge in [-0.3, -0.25) is 9.69 Å². The minimum absolute atomic E-state index is 0.0500. The van der Waals surface area contributed by atoms with E-state index in [-0.39, 0.29) is 23.2 Å². The van der Waals surface area contributed by atoms with Crippen molar-refractivity contribution in [1.82, 2.24) is 14.9 Å². The molecule has 0 spiro atoms. The lowest BCUT2D eigenvalue weighted by Gasteiger charge is -2.36. The summed E-state index contributed by atoms with van der Waals surface area (Å²) in [5.41, 5.74) is 3.03. The fourth-order valence-corrected chi connectivity index (χ4v) is 4.73. The van der Waals surface area contributed by atoms with Crippen molar-refractivity contribution in [1.29, 1.82) is 0 Å². The molecule has 8 nitrogen and oxygen atoms in total. The van der Waals surface area contributed by atoms with Gasteiger partial charge in [0.15, 0.2) is 0 Å². The zero-order valence-electron chi connectivity index (χ0n) is 22.2. The lowest BCUT2D eigenvalue weighted by molar-refractivity contribution is -0.111. The van der Waals surface area contributed by atoms with Gasteiger partial charge in [0.05, 0.1) is 23.5 Å². The van der Waals surface area contributed by atoms with Gasteiger partial charge in [-0.15, -0.1) is 0 Å². The summed E-state index contributed by atoms with van der Waals surface area (Å²) < 4.78 is 35.4. The zero-order valence-corrected chi connectivity index (χ0v) is 22.2. The molecule has 2 N–H and O–H groups in total. The number of nitrogens with one attached hydrogen (secondary N) is 2. The number of carbonyl (C=O) groups is 1. The van der Waals surface area contributed by atoms with Gasteiger partial charge in [0.25, 0.3) is 0 Å². The van der Waals surface area contributed by atoms with Gasteiger partial charge in [-0.1, -0.05) is 36.9 Å². The first kappa shape index (κ1) is 27.2. The molecule has 4 aromatic rings. The van der Waals surface area contributed by atoms with E-state index in [1.54, 1.807) is 19.4 Å². The average molecular weight is 545 g/mol. The maximum atomic E-state index is 15.2. The van der Waals surface area contributed by atoms with Crippen LogP contribution in [0.25, 0.3) is 22.0 Å². The average Bonchev–Trinajstić information content (AvgIpc) is 2.98. The van der Waals surface area contributed by atoms with Crippen molar-refractivity contribution in [3.63, 3.8) is 0 Å². The molecule has 206 valence electrons. The van der Waals surface area contributed by atoms with E-state index in [1.165, 1.54) is 12.1 Å². The fourth-order valence-electron chi connectivity index (χ4n) is 4.73. The molecule has 5 rings (SSSR count). The number of hydrogen-bond acceptors (Lipinski definition) is 7. The normalized spacial score (nSPS) is 13.8. The topological polar surface area (TPSA) is 82.6 Å². The molecule has 0 bridgehead atoms. The van der Waals surface area contributed by atoms with Crippen LogP contribution in [0.1, 0.15) is 0 Å². The number of methoxy groups -OCH3 is 1. The van der Waals surface area contributed by atoms with E-state index in [0.717, 1.165) is 42.2 Å². The molecule has 1 fully saturated rings. The van der Waals surface area contributed by atoms with Crippen LogP contribution >= 0.6 is 0 Å². The van der Waals surface area contributed by atoms with E-state index in [1.807, 2.05) is 41.3 Å². The van der Waals surface area contributed by atoms with E-state index >= 15 is 8.78 Å². The molecule has 3 aromatic carbocycles. The number of hydrogen-bond donors (Lipinski definition) is 2. The maximum Gasteiger partial charge on any atom is 0.247 e. The first-order chi connectivity index (χ1) is 19.4. The zero-order chi connectivity index (χ0) is 28.1. The van der Waals surface area contributed by atoms with Crippen LogP contribution in [-0.4, -0.2) is 67.2 Å². The van der Waals surface area contributed by atoms with Crippen molar-refractivity contribution < 1.29 is 18.3 Å². The molecule has 0 aliphatic carbocycles. The number of fused-ring (bicyclic) bond motifs is 1. The predicted octanol–water partition coefficient (Wildman–Crippen LogP) is 5.21. The number of halogens is 2. The molecule has 1 saturated heterocycles. The minimum atomic E-state index is -0.596. The molecule has 40 heavy (non-hydrogen) atoms. The largest absolute Gasteiger partial charge is 0.383 e.